The summed E-state index contributed by atoms with van der Waals surface area (Å²) in [5.74, 6) is 0.220. The van der Waals surface area contributed by atoms with Crippen molar-refractivity contribution in [3.63, 3.8) is 0 Å². The van der Waals surface area contributed by atoms with E-state index in [2.05, 4.69) is 6.07 Å². The van der Waals surface area contributed by atoms with Gasteiger partial charge in [0.1, 0.15) is 5.75 Å². The molecule has 0 aromatic heterocycles. The molecule has 0 N–H and O–H groups in total. The van der Waals surface area contributed by atoms with Gasteiger partial charge in [0.25, 0.3) is 0 Å². The fourth-order valence-corrected chi connectivity index (χ4v) is 3.02. The standard InChI is InChI=1S/C21H20N2O3/c1-2-17-12-16(13-22)7-10-19(17)26-21(25)18-8-5-15(6-9-18)14-23-11-3-4-20(23)24/h5-10,12H,2-4,11,14H2,1H3. The maximum Gasteiger partial charge on any atom is 0.343 e. The van der Waals surface area contributed by atoms with Crippen molar-refractivity contribution in [1.29, 1.82) is 5.26 Å². The molecule has 0 saturated carbocycles. The molecule has 2 aromatic rings. The molecular formula is C21H20N2O3. The molecule has 0 radical (unpaired) electrons. The molecule has 5 heteroatoms. The molecule has 132 valence electrons. The van der Waals surface area contributed by atoms with E-state index in [1.54, 1.807) is 30.3 Å². The maximum atomic E-state index is 12.4. The topological polar surface area (TPSA) is 70.4 Å². The predicted molar refractivity (Wildman–Crippen MR) is 96.6 cm³/mol. The Hall–Kier alpha value is -3.13. The normalized spacial score (nSPS) is 13.5. The lowest BCUT2D eigenvalue weighted by Crippen LogP contribution is -2.23. The van der Waals surface area contributed by atoms with Crippen molar-refractivity contribution in [2.75, 3.05) is 6.54 Å². The Labute approximate surface area is 152 Å². The van der Waals surface area contributed by atoms with E-state index in [9.17, 15) is 9.59 Å². The number of carbonyl (C=O) groups excluding carboxylic acids is 2. The Bertz CT molecular complexity index is 866. The molecular weight excluding hydrogens is 328 g/mol. The minimum absolute atomic E-state index is 0.182. The van der Waals surface area contributed by atoms with Crippen LogP contribution in [0.5, 0.6) is 5.75 Å². The van der Waals surface area contributed by atoms with Crippen molar-refractivity contribution >= 4 is 11.9 Å². The molecule has 1 heterocycles. The number of esters is 1. The molecule has 5 nitrogen and oxygen atoms in total. The molecule has 1 saturated heterocycles. The molecule has 1 aliphatic heterocycles. The van der Waals surface area contributed by atoms with Crippen molar-refractivity contribution in [3.8, 4) is 11.8 Å². The van der Waals surface area contributed by atoms with Gasteiger partial charge in [-0.1, -0.05) is 19.1 Å². The van der Waals surface area contributed by atoms with Gasteiger partial charge >= 0.3 is 5.97 Å². The second-order valence-corrected chi connectivity index (χ2v) is 6.29. The summed E-state index contributed by atoms with van der Waals surface area (Å²) in [6.07, 6.45) is 2.20. The number of nitriles is 1. The molecule has 1 fully saturated rings. The second kappa shape index (κ2) is 7.83. The van der Waals surface area contributed by atoms with Crippen molar-refractivity contribution in [2.45, 2.75) is 32.7 Å². The monoisotopic (exact) mass is 348 g/mol. The first kappa shape index (κ1) is 17.7. The van der Waals surface area contributed by atoms with E-state index in [0.717, 1.165) is 24.1 Å². The zero-order valence-corrected chi connectivity index (χ0v) is 14.7. The van der Waals surface area contributed by atoms with E-state index < -0.39 is 5.97 Å². The summed E-state index contributed by atoms with van der Waals surface area (Å²) < 4.78 is 5.50. The quantitative estimate of drug-likeness (QED) is 0.613. The molecule has 0 atom stereocenters. The molecule has 2 aromatic carbocycles. The second-order valence-electron chi connectivity index (χ2n) is 6.29. The molecule has 1 amide bonds. The van der Waals surface area contributed by atoms with Crippen LogP contribution in [0.2, 0.25) is 0 Å². The molecule has 3 rings (SSSR count). The summed E-state index contributed by atoms with van der Waals surface area (Å²) in [6.45, 7) is 3.31. The Kier molecular flexibility index (Phi) is 5.33. The largest absolute Gasteiger partial charge is 0.423 e. The molecule has 0 bridgehead atoms. The van der Waals surface area contributed by atoms with Gasteiger partial charge in [0.05, 0.1) is 17.2 Å². The van der Waals surface area contributed by atoms with E-state index in [1.165, 1.54) is 0 Å². The molecule has 26 heavy (non-hydrogen) atoms. The third-order valence-electron chi connectivity index (χ3n) is 4.51. The first-order chi connectivity index (χ1) is 12.6. The lowest BCUT2D eigenvalue weighted by Gasteiger charge is -2.15. The fourth-order valence-electron chi connectivity index (χ4n) is 3.02. The van der Waals surface area contributed by atoms with E-state index >= 15 is 0 Å². The number of hydrogen-bond acceptors (Lipinski definition) is 4. The van der Waals surface area contributed by atoms with E-state index in [1.807, 2.05) is 24.0 Å². The Balaban J connectivity index is 1.68. The molecule has 0 unspecified atom stereocenters. The maximum absolute atomic E-state index is 12.4. The van der Waals surface area contributed by atoms with Crippen LogP contribution in [-0.4, -0.2) is 23.3 Å². The summed E-state index contributed by atoms with van der Waals surface area (Å²) in [6, 6.07) is 14.2. The number of nitrogens with zero attached hydrogens (tertiary/aromatic N) is 2. The van der Waals surface area contributed by atoms with Crippen molar-refractivity contribution in [1.82, 2.24) is 4.90 Å². The minimum atomic E-state index is -0.437. The Morgan fingerprint density at radius 3 is 2.62 bits per heavy atom. The molecule has 1 aliphatic rings. The van der Waals surface area contributed by atoms with Crippen molar-refractivity contribution < 1.29 is 14.3 Å². The number of benzene rings is 2. The van der Waals surface area contributed by atoms with E-state index in [-0.39, 0.29) is 5.91 Å². The average molecular weight is 348 g/mol. The van der Waals surface area contributed by atoms with Gasteiger partial charge in [-0.3, -0.25) is 4.79 Å². The van der Waals surface area contributed by atoms with Crippen LogP contribution in [0.3, 0.4) is 0 Å². The third kappa shape index (κ3) is 3.92. The number of aryl methyl sites for hydroxylation is 1. The summed E-state index contributed by atoms with van der Waals surface area (Å²) in [4.78, 5) is 25.9. The first-order valence-electron chi connectivity index (χ1n) is 8.72. The van der Waals surface area contributed by atoms with Gasteiger partial charge < -0.3 is 9.64 Å². The van der Waals surface area contributed by atoms with Gasteiger partial charge in [0.15, 0.2) is 0 Å². The van der Waals surface area contributed by atoms with Crippen LogP contribution in [0, 0.1) is 11.3 Å². The zero-order valence-electron chi connectivity index (χ0n) is 14.7. The van der Waals surface area contributed by atoms with Gasteiger partial charge in [-0.15, -0.1) is 0 Å². The summed E-state index contributed by atoms with van der Waals surface area (Å²) in [5, 5.41) is 8.97. The highest BCUT2D eigenvalue weighted by Crippen LogP contribution is 2.22. The lowest BCUT2D eigenvalue weighted by atomic mass is 10.1. The predicted octanol–water partition coefficient (Wildman–Crippen LogP) is 3.46. The Morgan fingerprint density at radius 2 is 2.00 bits per heavy atom. The Morgan fingerprint density at radius 1 is 1.23 bits per heavy atom. The highest BCUT2D eigenvalue weighted by molar-refractivity contribution is 5.91. The van der Waals surface area contributed by atoms with Crippen LogP contribution in [-0.2, 0) is 17.8 Å². The summed E-state index contributed by atoms with van der Waals surface area (Å²) >= 11 is 0. The van der Waals surface area contributed by atoms with Gasteiger partial charge in [0.2, 0.25) is 5.91 Å². The highest BCUT2D eigenvalue weighted by atomic mass is 16.5. The number of carbonyl (C=O) groups is 2. The number of amides is 1. The van der Waals surface area contributed by atoms with Gasteiger partial charge in [-0.25, -0.2) is 4.79 Å². The van der Waals surface area contributed by atoms with Crippen LogP contribution in [0.25, 0.3) is 0 Å². The molecule has 0 aliphatic carbocycles. The van der Waals surface area contributed by atoms with Gasteiger partial charge in [0, 0.05) is 19.5 Å². The van der Waals surface area contributed by atoms with Crippen LogP contribution in [0.4, 0.5) is 0 Å². The van der Waals surface area contributed by atoms with Gasteiger partial charge in [-0.2, -0.15) is 5.26 Å². The van der Waals surface area contributed by atoms with Crippen LogP contribution in [0.1, 0.15) is 46.8 Å². The van der Waals surface area contributed by atoms with Crippen LogP contribution in [0.15, 0.2) is 42.5 Å². The smallest absolute Gasteiger partial charge is 0.343 e. The average Bonchev–Trinajstić information content (AvgIpc) is 3.07. The number of likely N-dealkylation sites (tertiary alicyclic amines) is 1. The zero-order chi connectivity index (χ0) is 18.5. The SMILES string of the molecule is CCc1cc(C#N)ccc1OC(=O)c1ccc(CN2CCCC2=O)cc1. The lowest BCUT2D eigenvalue weighted by molar-refractivity contribution is -0.128. The van der Waals surface area contributed by atoms with Crippen LogP contribution < -0.4 is 4.74 Å². The van der Waals surface area contributed by atoms with E-state index in [0.29, 0.717) is 36.3 Å². The minimum Gasteiger partial charge on any atom is -0.423 e. The number of hydrogen-bond donors (Lipinski definition) is 0. The van der Waals surface area contributed by atoms with Crippen molar-refractivity contribution in [2.24, 2.45) is 0 Å². The first-order valence-corrected chi connectivity index (χ1v) is 8.72. The van der Waals surface area contributed by atoms with Crippen molar-refractivity contribution in [3.05, 3.63) is 64.7 Å². The third-order valence-corrected chi connectivity index (χ3v) is 4.51. The van der Waals surface area contributed by atoms with Crippen LogP contribution >= 0.6 is 0 Å². The van der Waals surface area contributed by atoms with E-state index in [4.69, 9.17) is 10.00 Å². The fraction of sp³-hybridized carbons (Fsp3) is 0.286. The van der Waals surface area contributed by atoms with Gasteiger partial charge in [-0.05, 0) is 54.3 Å². The molecule has 0 spiro atoms. The number of ether oxygens (including phenoxy) is 1. The summed E-state index contributed by atoms with van der Waals surface area (Å²) in [7, 11) is 0. The highest BCUT2D eigenvalue weighted by Gasteiger charge is 2.20. The summed E-state index contributed by atoms with van der Waals surface area (Å²) in [5.41, 5.74) is 2.81. The number of rotatable bonds is 5.